The normalized spacial score (nSPS) is 10.8. The summed E-state index contributed by atoms with van der Waals surface area (Å²) in [5.41, 5.74) is 0. The Morgan fingerprint density at radius 1 is 1.40 bits per heavy atom. The third-order valence-corrected chi connectivity index (χ3v) is 1.25. The number of rotatable bonds is 6. The quantitative estimate of drug-likeness (QED) is 0.568. The fourth-order valence-corrected chi connectivity index (χ4v) is 0.732. The van der Waals surface area contributed by atoms with E-state index in [0.717, 1.165) is 32.0 Å². The number of nitrogens with one attached hydrogen (secondary N) is 1. The van der Waals surface area contributed by atoms with Gasteiger partial charge in [0.05, 0.1) is 0 Å². The Morgan fingerprint density at radius 3 is 2.60 bits per heavy atom. The Morgan fingerprint density at radius 2 is 2.10 bits per heavy atom. The molecule has 62 valence electrons. The zero-order valence-electron chi connectivity index (χ0n) is 7.31. The van der Waals surface area contributed by atoms with Crippen molar-refractivity contribution >= 4 is 0 Å². The van der Waals surface area contributed by atoms with Crippen molar-refractivity contribution in [2.75, 3.05) is 26.8 Å². The van der Waals surface area contributed by atoms with Crippen LogP contribution < -0.4 is 5.32 Å². The van der Waals surface area contributed by atoms with Gasteiger partial charge in [0.2, 0.25) is 0 Å². The predicted molar refractivity (Wildman–Crippen MR) is 44.2 cm³/mol. The minimum absolute atomic E-state index is 0.752. The number of ether oxygens (including phenoxy) is 1. The number of hydrogen-bond acceptors (Lipinski definition) is 2. The van der Waals surface area contributed by atoms with Crippen LogP contribution in [0.25, 0.3) is 0 Å². The van der Waals surface area contributed by atoms with Crippen LogP contribution in [0.5, 0.6) is 0 Å². The van der Waals surface area contributed by atoms with Crippen molar-refractivity contribution in [3.05, 3.63) is 0 Å². The van der Waals surface area contributed by atoms with Crippen molar-refractivity contribution in [1.82, 2.24) is 5.32 Å². The molecular formula is C8H19NO. The topological polar surface area (TPSA) is 21.3 Å². The number of hydrogen-bond donors (Lipinski definition) is 1. The van der Waals surface area contributed by atoms with E-state index < -0.39 is 0 Å². The molecule has 10 heavy (non-hydrogen) atoms. The van der Waals surface area contributed by atoms with Gasteiger partial charge in [0, 0.05) is 13.7 Å². The van der Waals surface area contributed by atoms with Gasteiger partial charge < -0.3 is 10.1 Å². The molecule has 0 atom stereocenters. The summed E-state index contributed by atoms with van der Waals surface area (Å²) < 4.78 is 4.91. The third-order valence-electron chi connectivity index (χ3n) is 1.25. The summed E-state index contributed by atoms with van der Waals surface area (Å²) >= 11 is 0. The molecule has 0 aliphatic carbocycles. The first kappa shape index (κ1) is 9.92. The fourth-order valence-electron chi connectivity index (χ4n) is 0.732. The fraction of sp³-hybridized carbons (Fsp3) is 1.00. The lowest BCUT2D eigenvalue weighted by atomic mass is 10.2. The van der Waals surface area contributed by atoms with Gasteiger partial charge in [-0.15, -0.1) is 0 Å². The highest BCUT2D eigenvalue weighted by Crippen LogP contribution is 1.86. The van der Waals surface area contributed by atoms with Gasteiger partial charge in [-0.05, 0) is 25.4 Å². The summed E-state index contributed by atoms with van der Waals surface area (Å²) in [4.78, 5) is 0. The van der Waals surface area contributed by atoms with E-state index in [0.29, 0.717) is 0 Å². The van der Waals surface area contributed by atoms with Gasteiger partial charge >= 0.3 is 0 Å². The molecule has 2 heteroatoms. The molecule has 0 amide bonds. The molecule has 0 aliphatic rings. The minimum atomic E-state index is 0.752. The maximum Gasteiger partial charge on any atom is 0.0474 e. The largest absolute Gasteiger partial charge is 0.385 e. The van der Waals surface area contributed by atoms with Crippen LogP contribution in [0.4, 0.5) is 0 Å². The molecule has 0 heterocycles. The summed E-state index contributed by atoms with van der Waals surface area (Å²) in [6.07, 6.45) is 1.11. The van der Waals surface area contributed by atoms with Crippen LogP contribution >= 0.6 is 0 Å². The van der Waals surface area contributed by atoms with Crippen LogP contribution in [0.3, 0.4) is 0 Å². The molecule has 0 rings (SSSR count). The van der Waals surface area contributed by atoms with E-state index in [1.54, 1.807) is 7.11 Å². The van der Waals surface area contributed by atoms with Crippen molar-refractivity contribution in [3.8, 4) is 0 Å². The molecule has 0 saturated carbocycles. The van der Waals surface area contributed by atoms with E-state index in [1.807, 2.05) is 0 Å². The van der Waals surface area contributed by atoms with Crippen molar-refractivity contribution in [1.29, 1.82) is 0 Å². The van der Waals surface area contributed by atoms with E-state index in [1.165, 1.54) is 0 Å². The average Bonchev–Trinajstić information content (AvgIpc) is 1.87. The molecule has 0 aliphatic heterocycles. The van der Waals surface area contributed by atoms with Crippen LogP contribution in [-0.2, 0) is 4.74 Å². The SMILES string of the molecule is COCCCNCC(C)C. The standard InChI is InChI=1S/C8H19NO/c1-8(2)7-9-5-4-6-10-3/h8-9H,4-7H2,1-3H3. The monoisotopic (exact) mass is 145 g/mol. The summed E-state index contributed by atoms with van der Waals surface area (Å²) in [6, 6.07) is 0. The second kappa shape index (κ2) is 7.03. The molecule has 0 aromatic rings. The maximum absolute atomic E-state index is 4.91. The minimum Gasteiger partial charge on any atom is -0.385 e. The van der Waals surface area contributed by atoms with Crippen LogP contribution in [0, 0.1) is 5.92 Å². The zero-order valence-corrected chi connectivity index (χ0v) is 7.31. The van der Waals surface area contributed by atoms with Gasteiger partial charge in [-0.2, -0.15) is 0 Å². The van der Waals surface area contributed by atoms with E-state index >= 15 is 0 Å². The molecule has 0 radical (unpaired) electrons. The van der Waals surface area contributed by atoms with Crippen molar-refractivity contribution in [2.45, 2.75) is 20.3 Å². The zero-order chi connectivity index (χ0) is 7.82. The summed E-state index contributed by atoms with van der Waals surface area (Å²) in [5, 5.41) is 3.34. The van der Waals surface area contributed by atoms with Gasteiger partial charge in [-0.25, -0.2) is 0 Å². The first-order chi connectivity index (χ1) is 4.77. The third kappa shape index (κ3) is 7.92. The Balaban J connectivity index is 2.77. The van der Waals surface area contributed by atoms with Crippen LogP contribution in [0.15, 0.2) is 0 Å². The van der Waals surface area contributed by atoms with Crippen LogP contribution in [0.1, 0.15) is 20.3 Å². The van der Waals surface area contributed by atoms with E-state index in [-0.39, 0.29) is 0 Å². The van der Waals surface area contributed by atoms with Gasteiger partial charge in [0.1, 0.15) is 0 Å². The molecular weight excluding hydrogens is 126 g/mol. The van der Waals surface area contributed by atoms with Gasteiger partial charge in [-0.3, -0.25) is 0 Å². The smallest absolute Gasteiger partial charge is 0.0474 e. The molecule has 0 bridgehead atoms. The number of methoxy groups -OCH3 is 1. The Hall–Kier alpha value is -0.0800. The second-order valence-corrected chi connectivity index (χ2v) is 2.94. The Bertz CT molecular complexity index is 64.3. The lowest BCUT2D eigenvalue weighted by molar-refractivity contribution is 0.194. The summed E-state index contributed by atoms with van der Waals surface area (Å²) in [5.74, 6) is 0.752. The van der Waals surface area contributed by atoms with Crippen LogP contribution in [-0.4, -0.2) is 26.8 Å². The summed E-state index contributed by atoms with van der Waals surface area (Å²) in [6.45, 7) is 7.48. The van der Waals surface area contributed by atoms with Gasteiger partial charge in [0.15, 0.2) is 0 Å². The Labute approximate surface area is 64.0 Å². The Kier molecular flexibility index (Phi) is 6.98. The summed E-state index contributed by atoms with van der Waals surface area (Å²) in [7, 11) is 1.74. The molecule has 2 nitrogen and oxygen atoms in total. The maximum atomic E-state index is 4.91. The predicted octanol–water partition coefficient (Wildman–Crippen LogP) is 1.27. The molecule has 0 fully saturated rings. The molecule has 0 aromatic heterocycles. The van der Waals surface area contributed by atoms with E-state index in [2.05, 4.69) is 19.2 Å². The highest BCUT2D eigenvalue weighted by Gasteiger charge is 1.91. The van der Waals surface area contributed by atoms with Crippen LogP contribution in [0.2, 0.25) is 0 Å². The molecule has 0 aromatic carbocycles. The van der Waals surface area contributed by atoms with E-state index in [9.17, 15) is 0 Å². The highest BCUT2D eigenvalue weighted by molar-refractivity contribution is 4.50. The van der Waals surface area contributed by atoms with Crippen molar-refractivity contribution in [2.24, 2.45) is 5.92 Å². The molecule has 1 N–H and O–H groups in total. The lowest BCUT2D eigenvalue weighted by Gasteiger charge is -2.05. The van der Waals surface area contributed by atoms with Gasteiger partial charge in [-0.1, -0.05) is 13.8 Å². The van der Waals surface area contributed by atoms with E-state index in [4.69, 9.17) is 4.74 Å². The molecule has 0 spiro atoms. The lowest BCUT2D eigenvalue weighted by Crippen LogP contribution is -2.21. The molecule has 0 unspecified atom stereocenters. The first-order valence-corrected chi connectivity index (χ1v) is 3.97. The highest BCUT2D eigenvalue weighted by atomic mass is 16.5. The second-order valence-electron chi connectivity index (χ2n) is 2.94. The van der Waals surface area contributed by atoms with Crippen molar-refractivity contribution in [3.63, 3.8) is 0 Å². The van der Waals surface area contributed by atoms with Gasteiger partial charge in [0.25, 0.3) is 0 Å². The first-order valence-electron chi connectivity index (χ1n) is 3.97. The average molecular weight is 145 g/mol. The molecule has 0 saturated heterocycles. The van der Waals surface area contributed by atoms with Crippen molar-refractivity contribution < 1.29 is 4.74 Å².